The van der Waals surface area contributed by atoms with Gasteiger partial charge in [-0.25, -0.2) is 0 Å². The summed E-state index contributed by atoms with van der Waals surface area (Å²) in [7, 11) is -1.35. The Bertz CT molecular complexity index is 2440. The van der Waals surface area contributed by atoms with E-state index in [1.165, 1.54) is 76.1 Å². The van der Waals surface area contributed by atoms with Gasteiger partial charge in [0.05, 0.1) is 27.9 Å². The van der Waals surface area contributed by atoms with Crippen LogP contribution in [0.3, 0.4) is 0 Å². The third-order valence-electron chi connectivity index (χ3n) is 11.8. The van der Waals surface area contributed by atoms with E-state index in [1.807, 2.05) is 0 Å². The molecular weight excluding hydrogens is 957 g/mol. The molecule has 302 valence electrons. The Morgan fingerprint density at radius 1 is 0.344 bits per heavy atom. The number of hydrogen-bond acceptors (Lipinski definition) is 2. The van der Waals surface area contributed by atoms with E-state index in [9.17, 15) is 0 Å². The van der Waals surface area contributed by atoms with Gasteiger partial charge in [-0.1, -0.05) is 146 Å². The second-order valence-electron chi connectivity index (χ2n) is 15.2. The molecule has 0 saturated heterocycles. The van der Waals surface area contributed by atoms with Gasteiger partial charge in [0.25, 0.3) is 0 Å². The molecule has 0 amide bonds. The molecule has 11 rings (SSSR count). The minimum atomic E-state index is -1.30. The number of benzene rings is 8. The van der Waals surface area contributed by atoms with Crippen molar-refractivity contribution >= 4 is 88.6 Å². The van der Waals surface area contributed by atoms with E-state index >= 15 is 0 Å². The van der Waals surface area contributed by atoms with E-state index in [0.717, 1.165) is 0 Å². The van der Waals surface area contributed by atoms with Crippen LogP contribution in [0.4, 0.5) is 0 Å². The van der Waals surface area contributed by atoms with Gasteiger partial charge in [-0.2, -0.15) is 0 Å². The SMILES string of the molecule is C(=N[C@@H]1C2c3ccccc3C(c3ccccc32)[C@H]1N=Cc1ccccc1[PH+](c1ccccc1)c1ccccc1)c1ccccc1[PH+](c1ccccc1)c1ccccc1.[Br][Ni][Br]. The molecule has 8 aromatic carbocycles. The molecule has 2 atom stereocenters. The number of hydrogen-bond donors (Lipinski definition) is 0. The Balaban J connectivity index is 0.00000154. The molecule has 7 heteroatoms. The van der Waals surface area contributed by atoms with Gasteiger partial charge in [-0.05, 0) is 95.1 Å². The van der Waals surface area contributed by atoms with Crippen LogP contribution < -0.4 is 31.8 Å². The standard InChI is InChI=1S/C54H42N2P2.2BrH.Ni/c1-5-23-41(24-6-1)57(42-25-7-2-8-26-42)49-35-19-13-21-39(49)37-55-53-51-45-31-15-17-33-47(45)52(48-34-18-16-32-46(48)51)54(53)56-38-40-22-14-20-36-50(40)58(43-27-9-3-10-28-43)44-29-11-4-12-30-44;;;/h1-38,51-54H;2*1H;/q;;;+2/t51?,52?,53-,54-;;;/m1.../s1. The van der Waals surface area contributed by atoms with Crippen molar-refractivity contribution in [3.8, 4) is 0 Å². The first-order chi connectivity index (χ1) is 30.2. The Labute approximate surface area is 382 Å². The van der Waals surface area contributed by atoms with Crippen LogP contribution in [0.2, 0.25) is 0 Å². The average Bonchev–Trinajstić information content (AvgIpc) is 3.33. The molecule has 3 aliphatic carbocycles. The molecule has 2 nitrogen and oxygen atoms in total. The van der Waals surface area contributed by atoms with Gasteiger partial charge in [-0.3, -0.25) is 9.98 Å². The molecule has 0 saturated carbocycles. The van der Waals surface area contributed by atoms with Crippen LogP contribution in [0.15, 0.2) is 228 Å². The van der Waals surface area contributed by atoms with E-state index in [0.29, 0.717) is 0 Å². The Kier molecular flexibility index (Phi) is 13.7. The van der Waals surface area contributed by atoms with Crippen molar-refractivity contribution < 1.29 is 10.9 Å². The molecule has 61 heavy (non-hydrogen) atoms. The van der Waals surface area contributed by atoms with Crippen molar-refractivity contribution in [2.75, 3.05) is 0 Å². The molecule has 0 fully saturated rings. The van der Waals surface area contributed by atoms with Gasteiger partial charge < -0.3 is 0 Å². The maximum atomic E-state index is 5.69. The monoisotopic (exact) mass is 998 g/mol. The molecule has 0 N–H and O–H groups in total. The van der Waals surface area contributed by atoms with E-state index < -0.39 is 15.8 Å². The zero-order chi connectivity index (χ0) is 41.4. The maximum absolute atomic E-state index is 5.69. The summed E-state index contributed by atoms with van der Waals surface area (Å²) in [5.41, 5.74) is 7.88. The van der Waals surface area contributed by atoms with E-state index in [-0.39, 0.29) is 23.9 Å². The third-order valence-corrected chi connectivity index (χ3v) is 17.5. The summed E-state index contributed by atoms with van der Waals surface area (Å²) in [6.45, 7) is 0. The number of rotatable bonds is 10. The molecule has 8 aromatic rings. The predicted molar refractivity (Wildman–Crippen MR) is 270 cm³/mol. The van der Waals surface area contributed by atoms with Crippen molar-refractivity contribution in [2.24, 2.45) is 9.98 Å². The summed E-state index contributed by atoms with van der Waals surface area (Å²) in [6, 6.07) is 79.8. The van der Waals surface area contributed by atoms with Crippen LogP contribution in [0.5, 0.6) is 0 Å². The van der Waals surface area contributed by atoms with Crippen LogP contribution in [0.25, 0.3) is 0 Å². The van der Waals surface area contributed by atoms with Crippen molar-refractivity contribution in [1.82, 2.24) is 0 Å². The fourth-order valence-corrected chi connectivity index (χ4v) is 14.8. The molecule has 0 aliphatic heterocycles. The molecule has 0 aromatic heterocycles. The van der Waals surface area contributed by atoms with Gasteiger partial charge in [0, 0.05) is 35.4 Å². The predicted octanol–water partition coefficient (Wildman–Crippen LogP) is 10.9. The summed E-state index contributed by atoms with van der Waals surface area (Å²) >= 11 is 6.00. The van der Waals surface area contributed by atoms with Crippen LogP contribution in [-0.4, -0.2) is 24.5 Å². The van der Waals surface area contributed by atoms with Gasteiger partial charge in [0.2, 0.25) is 0 Å². The van der Waals surface area contributed by atoms with Crippen LogP contribution in [0.1, 0.15) is 45.2 Å². The first-order valence-electron chi connectivity index (χ1n) is 20.5. The molecule has 0 unspecified atom stereocenters. The summed E-state index contributed by atoms with van der Waals surface area (Å²) in [4.78, 5) is 11.4. The Morgan fingerprint density at radius 3 is 0.885 bits per heavy atom. The second-order valence-corrected chi connectivity index (χ2v) is 25.1. The van der Waals surface area contributed by atoms with Gasteiger partial charge in [-0.15, -0.1) is 0 Å². The van der Waals surface area contributed by atoms with Crippen LogP contribution in [0, 0.1) is 0 Å². The summed E-state index contributed by atoms with van der Waals surface area (Å²) in [5.74, 6) is 0.194. The Hall–Kier alpha value is -4.59. The molecule has 0 spiro atoms. The number of halogens is 2. The summed E-state index contributed by atoms with van der Waals surface area (Å²) < 4.78 is 0. The van der Waals surface area contributed by atoms with Gasteiger partial charge >= 0.3 is 39.3 Å². The zero-order valence-electron chi connectivity index (χ0n) is 33.2. The zero-order valence-corrected chi connectivity index (χ0v) is 39.4. The van der Waals surface area contributed by atoms with Crippen molar-refractivity contribution in [3.05, 3.63) is 252 Å². The van der Waals surface area contributed by atoms with Crippen LogP contribution in [-0.2, 0) is 10.9 Å². The topological polar surface area (TPSA) is 24.7 Å². The first-order valence-corrected chi connectivity index (χ1v) is 28.3. The van der Waals surface area contributed by atoms with Gasteiger partial charge in [0.1, 0.15) is 31.8 Å². The second kappa shape index (κ2) is 20.1. The number of fused-ring (bicyclic) bond motifs is 1. The van der Waals surface area contributed by atoms with E-state index in [2.05, 4.69) is 259 Å². The Morgan fingerprint density at radius 2 is 0.590 bits per heavy atom. The molecule has 0 heterocycles. The first kappa shape index (κ1) is 41.8. The normalized spacial score (nSPS) is 17.6. The van der Waals surface area contributed by atoms with Crippen molar-refractivity contribution in [1.29, 1.82) is 0 Å². The summed E-state index contributed by atoms with van der Waals surface area (Å²) in [6.07, 6.45) is 4.37. The van der Waals surface area contributed by atoms with E-state index in [1.54, 1.807) is 0 Å². The fraction of sp³-hybridized carbons (Fsp3) is 0.0741. The van der Waals surface area contributed by atoms with Crippen molar-refractivity contribution in [2.45, 2.75) is 23.9 Å². The third kappa shape index (κ3) is 8.88. The number of nitrogens with zero attached hydrogens (tertiary/aromatic N) is 2. The average molecular weight is 1000 g/mol. The minimum absolute atomic E-state index is 0.0802. The van der Waals surface area contributed by atoms with Gasteiger partial charge in [0.15, 0.2) is 0 Å². The number of aliphatic imine (C=N–C) groups is 2. The van der Waals surface area contributed by atoms with Crippen LogP contribution >= 0.6 is 44.3 Å². The summed E-state index contributed by atoms with van der Waals surface area (Å²) in [5, 5.41) is 8.17. The van der Waals surface area contributed by atoms with E-state index in [4.69, 9.17) is 9.98 Å². The molecular formula is C54H44Br2N2NiP2+2. The van der Waals surface area contributed by atoms with Crippen molar-refractivity contribution in [3.63, 3.8) is 0 Å². The molecule has 2 bridgehead atoms. The molecule has 3 aliphatic rings. The fourth-order valence-electron chi connectivity index (χ4n) is 9.35. The quantitative estimate of drug-likeness (QED) is 0.0741. The molecule has 0 radical (unpaired) electrons.